The fourth-order valence-electron chi connectivity index (χ4n) is 12.3. The summed E-state index contributed by atoms with van der Waals surface area (Å²) >= 11 is 7.99. The molecule has 0 aliphatic heterocycles. The zero-order chi connectivity index (χ0) is 102. The number of hydrogen-bond acceptors (Lipinski definition) is 37. The van der Waals surface area contributed by atoms with Crippen molar-refractivity contribution in [1.29, 1.82) is 0 Å². The van der Waals surface area contributed by atoms with E-state index in [-0.39, 0.29) is 182 Å². The molecule has 0 fully saturated rings. The summed E-state index contributed by atoms with van der Waals surface area (Å²) in [4.78, 5) is 177. The Kier molecular flexibility index (Phi) is 49.9. The van der Waals surface area contributed by atoms with Crippen LogP contribution < -0.4 is 74.1 Å². The normalized spacial score (nSPS) is 11.2. The number of primary amides is 4. The van der Waals surface area contributed by atoms with Crippen LogP contribution in [0.25, 0.3) is 30.6 Å². The number of fused-ring (bicyclic) bond motifs is 3. The summed E-state index contributed by atoms with van der Waals surface area (Å²) in [5.74, 6) is -5.29. The molecule has 9 aromatic heterocycles. The van der Waals surface area contributed by atoms with Gasteiger partial charge >= 0.3 is 83.5 Å². The first-order valence-electron chi connectivity index (χ1n) is 41.1. The van der Waals surface area contributed by atoms with Crippen molar-refractivity contribution < 1.29 is 111 Å². The van der Waals surface area contributed by atoms with Crippen molar-refractivity contribution in [3.8, 4) is 17.2 Å². The Morgan fingerprint density at radius 2 is 0.762 bits per heavy atom. The summed E-state index contributed by atoms with van der Waals surface area (Å²) in [6.07, 6.45) is 16.0. The molecule has 0 saturated carbocycles. The fourth-order valence-corrected chi connectivity index (χ4v) is 15.8. The van der Waals surface area contributed by atoms with E-state index in [2.05, 4.69) is 55.5 Å². The van der Waals surface area contributed by atoms with Crippen LogP contribution in [-0.4, -0.2) is 215 Å². The number of aromatic carboxylic acids is 2. The number of aryl methyl sites for hydroxylation is 6. The number of ether oxygens (including phenoxy) is 3. The van der Waals surface area contributed by atoms with E-state index in [1.807, 2.05) is 26.8 Å². The van der Waals surface area contributed by atoms with E-state index < -0.39 is 104 Å². The van der Waals surface area contributed by atoms with E-state index >= 15 is 0 Å². The molecule has 12 aromatic rings. The van der Waals surface area contributed by atoms with Gasteiger partial charge in [0.05, 0.1) is 82.5 Å². The van der Waals surface area contributed by atoms with E-state index in [0.717, 1.165) is 59.5 Å². The van der Waals surface area contributed by atoms with Crippen LogP contribution in [0.15, 0.2) is 138 Å². The molecule has 3 aromatic carbocycles. The van der Waals surface area contributed by atoms with Crippen LogP contribution in [0.1, 0.15) is 183 Å². The molecule has 49 nitrogen and oxygen atoms in total. The number of nitrogens with one attached hydrogen (secondary N) is 2. The van der Waals surface area contributed by atoms with Gasteiger partial charge in [-0.3, -0.25) is 63.9 Å². The number of anilines is 2. The van der Waals surface area contributed by atoms with Gasteiger partial charge < -0.3 is 112 Å². The molecule has 0 atom stereocenters. The SMILES string of the molecule is C.C.CCc1nc(C)oc1C(=O)N=c1sc2cc(C(N)=O)cc(OCCCO)c2n1C/C=C/CN.CCc1nc(C)oc1C(=O)N=c1sc2cc(C(N)=O)cc(OCCCO)c2n1C/C=C/CNc1ncc(C(=O)O)cc1[N+](=O)[O-].CCc1nc(C)oc1C(=O)N=c1sc2cc(C(N)=O)cc(OCCCO)c2n1C/C=C/CNc1ncc(C(N)=O)cc1[N+](=O)[O-].Cl.N.O=C(O)c1cnc(Cl)c([N+](=O)[O-])c1.[Cl][Sn][Cl]. The Bertz CT molecular complexity index is 6670. The number of carboxylic acid groups (broad SMARTS) is 2. The molecule has 0 spiro atoms. The zero-order valence-corrected chi connectivity index (χ0v) is 83.9. The van der Waals surface area contributed by atoms with Gasteiger partial charge in [-0.05, 0) is 55.7 Å². The third-order valence-electron chi connectivity index (χ3n) is 18.6. The number of carbonyl (C=O) groups excluding carboxylic acids is 7. The standard InChI is InChI=1S/C28H30N8O8S.C28H29N7O9S.C22H27N5O5S.C6H3ClN2O4.2CH4.3ClH.H3N.Sn/c1-3-18-23(44-15(2)33-18)27(40)34-28-35(22-20(43-10-6-9-37)12-16(24(29)38)13-21(22)45-28)8-5-4-7-31-26-19(36(41)42)11-17(14-32-26)25(30)39;1-3-18-23(44-15(2)32-18)26(38)33-28-34(22-20(43-10-6-9-36)12-16(24(29)37)13-21(22)45-28)8-5-4-7-30-25-19(35(41)42)11-17(14-31-25)27(39)40;1-3-15-19(32-13(2)25-15)21(30)26-22-27(8-5-4-7-23)18-16(31-10-6-9-28)11-14(20(24)29)12-17(18)33-22;7-5-4(9(12)13)1-3(2-8-5)6(10)11;;;;;;;/h4-5,11-14,37H,3,6-10H2,1-2H3,(H2,29,38)(H2,30,39)(H,31,32);4-5,11-14,36H,3,6-10H2,1-2H3,(H2,29,37)(H,30,31)(H,39,40);4-5,11-12,28H,3,6-10,23H2,1-2H3,(H2,24,29);1-2H,(H,10,11);2*1H4;3*1H;1H3;/q;;;;;;;;;;+2/p-2/b5-4+,34-28?;5-4+,33-28?;5-4+,26-22?;;;;;;;;. The van der Waals surface area contributed by atoms with Crippen LogP contribution in [0.2, 0.25) is 5.15 Å². The molecule has 0 saturated heterocycles. The molecule has 12 rings (SSSR count). The van der Waals surface area contributed by atoms with Crippen molar-refractivity contribution >= 4 is 207 Å². The van der Waals surface area contributed by atoms with Gasteiger partial charge in [0.2, 0.25) is 51.8 Å². The zero-order valence-electron chi connectivity index (χ0n) is 75.5. The average molecular weight is 2230 g/mol. The number of aromatic nitrogens is 9. The maximum atomic E-state index is 13.2. The molecule has 143 heavy (non-hydrogen) atoms. The molecule has 0 bridgehead atoms. The van der Waals surface area contributed by atoms with Crippen LogP contribution in [-0.2, 0) is 38.9 Å². The van der Waals surface area contributed by atoms with Gasteiger partial charge in [-0.1, -0.05) is 118 Å². The molecule has 20 N–H and O–H groups in total. The topological polar surface area (TPSA) is 770 Å². The van der Waals surface area contributed by atoms with Gasteiger partial charge in [0.1, 0.15) is 33.8 Å². The predicted octanol–water partition coefficient (Wildman–Crippen LogP) is 10.9. The van der Waals surface area contributed by atoms with Crippen molar-refractivity contribution in [1.82, 2.24) is 49.8 Å². The summed E-state index contributed by atoms with van der Waals surface area (Å²) in [6, 6.07) is 12.1. The van der Waals surface area contributed by atoms with Crippen LogP contribution in [0.5, 0.6) is 17.2 Å². The van der Waals surface area contributed by atoms with Crippen LogP contribution in [0, 0.1) is 51.1 Å². The number of benzene rings is 3. The van der Waals surface area contributed by atoms with Gasteiger partial charge in [0, 0.05) is 153 Å². The predicted molar refractivity (Wildman–Crippen MR) is 535 cm³/mol. The molecule has 2 radical (unpaired) electrons. The van der Waals surface area contributed by atoms with Crippen LogP contribution in [0.4, 0.5) is 28.7 Å². The number of nitrogens with two attached hydrogens (primary N) is 5. The first kappa shape index (κ1) is 121. The number of aliphatic hydroxyl groups is 3. The molecule has 766 valence electrons. The van der Waals surface area contributed by atoms with E-state index in [9.17, 15) is 83.7 Å². The van der Waals surface area contributed by atoms with Gasteiger partial charge in [-0.2, -0.15) is 15.0 Å². The second-order valence-corrected chi connectivity index (χ2v) is 35.7. The van der Waals surface area contributed by atoms with Gasteiger partial charge in [0.25, 0.3) is 5.91 Å². The molecule has 0 aliphatic rings. The molecule has 7 amide bonds. The number of hydrogen-bond donors (Lipinski definition) is 13. The molecular weight excluding hydrogens is 2130 g/mol. The van der Waals surface area contributed by atoms with Gasteiger partial charge in [-0.15, -0.1) is 12.4 Å². The Morgan fingerprint density at radius 3 is 1.04 bits per heavy atom. The van der Waals surface area contributed by atoms with Crippen LogP contribution >= 0.6 is 75.9 Å². The van der Waals surface area contributed by atoms with Crippen molar-refractivity contribution in [2.45, 2.75) is 115 Å². The first-order chi connectivity index (χ1) is 66.4. The Hall–Kier alpha value is -14.2. The summed E-state index contributed by atoms with van der Waals surface area (Å²) in [6.45, 7) is 12.0. The van der Waals surface area contributed by atoms with E-state index in [0.29, 0.717) is 133 Å². The Labute approximate surface area is 852 Å². The maximum absolute atomic E-state index is 13.2. The molecule has 0 aliphatic carbocycles. The summed E-state index contributed by atoms with van der Waals surface area (Å²) in [5, 5.41) is 83.7. The number of carboxylic acids is 2. The molecular formula is C86H101Cl4N23O26S3Sn. The number of oxazole rings is 3. The number of allylic oxidation sites excluding steroid dienone is 3. The molecule has 57 heteroatoms. The third kappa shape index (κ3) is 33.2. The van der Waals surface area contributed by atoms with Crippen molar-refractivity contribution in [2.75, 3.05) is 69.9 Å². The third-order valence-corrected chi connectivity index (χ3v) is 21.9. The molecule has 9 heterocycles. The Morgan fingerprint density at radius 1 is 0.476 bits per heavy atom. The second-order valence-electron chi connectivity index (χ2n) is 28.1. The van der Waals surface area contributed by atoms with Crippen molar-refractivity contribution in [2.24, 2.45) is 43.6 Å². The number of pyridine rings is 3. The monoisotopic (exact) mass is 2230 g/mol. The summed E-state index contributed by atoms with van der Waals surface area (Å²) in [5.41, 5.74) is 29.1. The molecule has 0 unspecified atom stereocenters. The Balaban J connectivity index is 0.000000412. The number of nitrogens with zero attached hydrogens (tertiary/aromatic N) is 15. The number of thiazole rings is 3. The number of amides is 7. The van der Waals surface area contributed by atoms with E-state index in [1.165, 1.54) is 23.5 Å². The van der Waals surface area contributed by atoms with Crippen LogP contribution in [0.3, 0.4) is 0 Å². The quantitative estimate of drug-likeness (QED) is 0.00424. The first-order valence-corrected chi connectivity index (χ1v) is 51.2. The van der Waals surface area contributed by atoms with E-state index in [1.54, 1.807) is 89.1 Å². The number of aliphatic hydroxyl groups excluding tert-OH is 3. The second kappa shape index (κ2) is 58.9. The minimum absolute atomic E-state index is 0. The van der Waals surface area contributed by atoms with Gasteiger partial charge in [-0.25, -0.2) is 39.5 Å². The summed E-state index contributed by atoms with van der Waals surface area (Å²) < 4.78 is 41.1. The van der Waals surface area contributed by atoms with E-state index in [4.69, 9.17) is 101 Å². The number of carbonyl (C=O) groups is 9. The van der Waals surface area contributed by atoms with Crippen molar-refractivity contribution in [3.63, 3.8) is 0 Å². The summed E-state index contributed by atoms with van der Waals surface area (Å²) in [7, 11) is 9.87. The fraction of sp³-hybridized carbons (Fsp3) is 0.302. The average Bonchev–Trinajstić information content (AvgIpc) is 1.63. The van der Waals surface area contributed by atoms with Crippen molar-refractivity contribution in [3.05, 3.63) is 245 Å². The van der Waals surface area contributed by atoms with Gasteiger partial charge in [0.15, 0.2) is 32.1 Å². The number of rotatable bonds is 40. The minimum atomic E-state index is -1.34. The number of halogens is 4. The number of nitro groups is 3.